The molecule has 4 heteroatoms. The smallest absolute Gasteiger partial charge is 0.231 e. The molecular weight excluding hydrogens is 279 g/mol. The second-order valence-corrected chi connectivity index (χ2v) is 5.22. The monoisotopic (exact) mass is 300 g/mol. The summed E-state index contributed by atoms with van der Waals surface area (Å²) < 4.78 is 10.9. The molecule has 0 saturated heterocycles. The van der Waals surface area contributed by atoms with Crippen LogP contribution in [-0.2, 0) is 11.2 Å². The van der Waals surface area contributed by atoms with E-state index in [0.717, 1.165) is 23.2 Å². The highest BCUT2D eigenvalue weighted by molar-refractivity contribution is 7.03. The van der Waals surface area contributed by atoms with E-state index in [4.69, 9.17) is 1.28 Å². The molecule has 0 aliphatic carbocycles. The first kappa shape index (κ1) is 14.0. The lowest BCUT2D eigenvalue weighted by Gasteiger charge is -2.12. The molecule has 2 aromatic carbocycles. The SMILES string of the molecule is [3H]P=NCCc1ccc(NC(=O)[C@H](C)c2ccccc2)cc1. The van der Waals surface area contributed by atoms with Gasteiger partial charge >= 0.3 is 0 Å². The van der Waals surface area contributed by atoms with Gasteiger partial charge in [-0.3, -0.25) is 9.54 Å². The molecule has 0 aliphatic heterocycles. The highest BCUT2D eigenvalue weighted by atomic mass is 31.0. The summed E-state index contributed by atoms with van der Waals surface area (Å²) in [5, 5.41) is 2.94. The van der Waals surface area contributed by atoms with Crippen LogP contribution in [0.25, 0.3) is 0 Å². The summed E-state index contributed by atoms with van der Waals surface area (Å²) in [4.78, 5) is 12.3. The first-order valence-electron chi connectivity index (χ1n) is 7.41. The van der Waals surface area contributed by atoms with Crippen LogP contribution in [0.1, 0.15) is 24.0 Å². The summed E-state index contributed by atoms with van der Waals surface area (Å²) >= 11 is 0. The maximum atomic E-state index is 12.3. The van der Waals surface area contributed by atoms with Gasteiger partial charge in [0, 0.05) is 12.2 Å². The van der Waals surface area contributed by atoms with Gasteiger partial charge in [0.25, 0.3) is 0 Å². The van der Waals surface area contributed by atoms with Crippen molar-refractivity contribution in [2.24, 2.45) is 4.74 Å². The number of anilines is 1. The van der Waals surface area contributed by atoms with Crippen molar-refractivity contribution in [1.29, 1.82) is 1.28 Å². The number of benzene rings is 2. The van der Waals surface area contributed by atoms with E-state index in [1.165, 1.54) is 0 Å². The zero-order valence-electron chi connectivity index (χ0n) is 13.0. The van der Waals surface area contributed by atoms with Gasteiger partial charge in [0.1, 0.15) is 1.28 Å². The van der Waals surface area contributed by atoms with Crippen LogP contribution in [-0.4, -0.2) is 13.7 Å². The summed E-state index contributed by atoms with van der Waals surface area (Å²) in [6.45, 7) is 2.56. The van der Waals surface area contributed by atoms with Crippen molar-refractivity contribution >= 4 is 20.6 Å². The van der Waals surface area contributed by atoms with E-state index in [1.54, 1.807) is 0 Å². The summed E-state index contributed by atoms with van der Waals surface area (Å²) in [5.74, 6) is -0.197. The van der Waals surface area contributed by atoms with E-state index in [2.05, 4.69) is 10.1 Å². The average molecular weight is 300 g/mol. The molecule has 0 fully saturated rings. The van der Waals surface area contributed by atoms with Crippen LogP contribution in [0.2, 0.25) is 0 Å². The van der Waals surface area contributed by atoms with Crippen molar-refractivity contribution < 1.29 is 4.79 Å². The molecular formula is C17H19N2OP. The van der Waals surface area contributed by atoms with Crippen LogP contribution in [0.3, 0.4) is 0 Å². The molecule has 0 unspecified atom stereocenters. The van der Waals surface area contributed by atoms with Gasteiger partial charge in [-0.05, 0) is 45.6 Å². The lowest BCUT2D eigenvalue weighted by atomic mass is 10.0. The largest absolute Gasteiger partial charge is 0.326 e. The van der Waals surface area contributed by atoms with Gasteiger partial charge in [0.15, 0.2) is 0 Å². The molecule has 0 spiro atoms. The molecule has 0 aromatic heterocycles. The summed E-state index contributed by atoms with van der Waals surface area (Å²) in [6, 6.07) is 17.5. The molecule has 1 atom stereocenters. The van der Waals surface area contributed by atoms with Gasteiger partial charge in [0.05, 0.1) is 5.92 Å². The van der Waals surface area contributed by atoms with Crippen LogP contribution >= 0.6 is 8.98 Å². The Morgan fingerprint density at radius 3 is 2.62 bits per heavy atom. The van der Waals surface area contributed by atoms with Crippen molar-refractivity contribution in [3.8, 4) is 0 Å². The Kier molecular flexibility index (Phi) is 5.12. The fourth-order valence-electron chi connectivity index (χ4n) is 2.08. The molecule has 0 radical (unpaired) electrons. The zero-order chi connectivity index (χ0) is 15.8. The van der Waals surface area contributed by atoms with Gasteiger partial charge in [-0.2, -0.15) is 0 Å². The standard InChI is InChI=1S/C17H19N2OP/c1-13(15-5-3-2-4-6-15)17(20)19-16-9-7-14(8-10-16)11-12-18-21/h2-10,13,21H,11-12H2,1H3,(H,19,20)/t13-/m1/s1/i21T. The number of carbonyl (C=O) groups is 1. The van der Waals surface area contributed by atoms with E-state index in [9.17, 15) is 4.79 Å². The van der Waals surface area contributed by atoms with Gasteiger partial charge in [0.2, 0.25) is 5.91 Å². The Morgan fingerprint density at radius 1 is 1.24 bits per heavy atom. The lowest BCUT2D eigenvalue weighted by molar-refractivity contribution is -0.117. The summed E-state index contributed by atoms with van der Waals surface area (Å²) in [5.41, 5.74) is 2.96. The van der Waals surface area contributed by atoms with Gasteiger partial charge < -0.3 is 5.32 Å². The third-order valence-electron chi connectivity index (χ3n) is 3.41. The second kappa shape index (κ2) is 7.70. The third kappa shape index (κ3) is 4.51. The Morgan fingerprint density at radius 2 is 1.95 bits per heavy atom. The number of hydrogen-bond acceptors (Lipinski definition) is 2. The predicted molar refractivity (Wildman–Crippen MR) is 89.2 cm³/mol. The van der Waals surface area contributed by atoms with Crippen LogP contribution in [0.15, 0.2) is 59.3 Å². The van der Waals surface area contributed by atoms with E-state index < -0.39 is 0 Å². The average Bonchev–Trinajstić information content (AvgIpc) is 2.57. The van der Waals surface area contributed by atoms with Crippen molar-refractivity contribution in [3.05, 3.63) is 65.7 Å². The molecule has 108 valence electrons. The number of rotatable bonds is 6. The van der Waals surface area contributed by atoms with Crippen LogP contribution in [0.5, 0.6) is 0 Å². The van der Waals surface area contributed by atoms with Crippen LogP contribution in [0, 0.1) is 0 Å². The molecule has 1 amide bonds. The molecule has 3 nitrogen and oxygen atoms in total. The van der Waals surface area contributed by atoms with E-state index in [0.29, 0.717) is 15.5 Å². The zero-order valence-corrected chi connectivity index (χ0v) is 12.9. The van der Waals surface area contributed by atoms with Gasteiger partial charge in [-0.25, -0.2) is 0 Å². The quantitative estimate of drug-likeness (QED) is 0.794. The second-order valence-electron chi connectivity index (χ2n) is 4.93. The highest BCUT2D eigenvalue weighted by Crippen LogP contribution is 2.18. The predicted octanol–water partition coefficient (Wildman–Crippen LogP) is 4.30. The van der Waals surface area contributed by atoms with Crippen molar-refractivity contribution in [2.45, 2.75) is 19.3 Å². The summed E-state index contributed by atoms with van der Waals surface area (Å²) in [7, 11) is 0.328. The Bertz CT molecular complexity index is 629. The highest BCUT2D eigenvalue weighted by Gasteiger charge is 2.14. The number of amides is 1. The Labute approximate surface area is 129 Å². The first-order chi connectivity index (χ1) is 10.7. The molecule has 0 aliphatic rings. The van der Waals surface area contributed by atoms with Crippen molar-refractivity contribution in [1.82, 2.24) is 0 Å². The van der Waals surface area contributed by atoms with E-state index >= 15 is 0 Å². The maximum absolute atomic E-state index is 12.3. The Balaban J connectivity index is 1.94. The number of hydrogen-bond donors (Lipinski definition) is 1. The molecule has 0 saturated carbocycles. The van der Waals surface area contributed by atoms with Gasteiger partial charge in [-0.15, -0.1) is 0 Å². The summed E-state index contributed by atoms with van der Waals surface area (Å²) in [6.07, 6.45) is 0.820. The molecule has 0 heterocycles. The minimum absolute atomic E-state index is 0.0121. The third-order valence-corrected chi connectivity index (χ3v) is 3.61. The molecule has 2 rings (SSSR count). The molecule has 21 heavy (non-hydrogen) atoms. The Hall–Kier alpha value is -1.99. The topological polar surface area (TPSA) is 41.5 Å². The maximum Gasteiger partial charge on any atom is 0.231 e. The lowest BCUT2D eigenvalue weighted by Crippen LogP contribution is -2.18. The van der Waals surface area contributed by atoms with Crippen molar-refractivity contribution in [3.63, 3.8) is 0 Å². The molecule has 1 N–H and O–H groups in total. The number of nitrogens with one attached hydrogen (secondary N) is 1. The first-order valence-corrected chi connectivity index (χ1v) is 7.36. The fraction of sp³-hybridized carbons (Fsp3) is 0.235. The normalized spacial score (nSPS) is 12.9. The minimum Gasteiger partial charge on any atom is -0.326 e. The fourth-order valence-corrected chi connectivity index (χ4v) is 2.18. The molecule has 0 bridgehead atoms. The number of nitrogens with zero attached hydrogens (tertiary/aromatic N) is 1. The van der Waals surface area contributed by atoms with E-state index in [1.807, 2.05) is 61.5 Å². The van der Waals surface area contributed by atoms with Gasteiger partial charge in [-0.1, -0.05) is 42.5 Å². The van der Waals surface area contributed by atoms with Crippen LogP contribution in [0.4, 0.5) is 5.69 Å². The number of carbonyl (C=O) groups excluding carboxylic acids is 1. The van der Waals surface area contributed by atoms with Crippen LogP contribution < -0.4 is 5.32 Å². The molecule has 2 aromatic rings. The minimum atomic E-state index is -0.185. The van der Waals surface area contributed by atoms with Crippen molar-refractivity contribution in [2.75, 3.05) is 11.9 Å². The van der Waals surface area contributed by atoms with E-state index in [-0.39, 0.29) is 11.8 Å².